The van der Waals surface area contributed by atoms with Gasteiger partial charge in [-0.25, -0.2) is 14.3 Å². The fourth-order valence-corrected chi connectivity index (χ4v) is 3.17. The third kappa shape index (κ3) is 3.45. The molecule has 1 heterocycles. The van der Waals surface area contributed by atoms with Crippen LogP contribution in [0.5, 0.6) is 0 Å². The van der Waals surface area contributed by atoms with Crippen molar-refractivity contribution in [2.75, 3.05) is 11.5 Å². The van der Waals surface area contributed by atoms with E-state index in [1.54, 1.807) is 0 Å². The second-order valence-electron chi connectivity index (χ2n) is 3.07. The summed E-state index contributed by atoms with van der Waals surface area (Å²) in [6.45, 7) is 0. The highest BCUT2D eigenvalue weighted by Crippen LogP contribution is 2.11. The third-order valence-corrected chi connectivity index (χ3v) is 3.99. The van der Waals surface area contributed by atoms with Gasteiger partial charge in [0.05, 0.1) is 11.5 Å². The van der Waals surface area contributed by atoms with Crippen molar-refractivity contribution >= 4 is 27.2 Å². The molecule has 0 aromatic heterocycles. The van der Waals surface area contributed by atoms with Crippen molar-refractivity contribution in [1.82, 2.24) is 10.7 Å². The summed E-state index contributed by atoms with van der Waals surface area (Å²) >= 11 is 4.77. The summed E-state index contributed by atoms with van der Waals surface area (Å²) in [4.78, 5) is 0. The van der Waals surface area contributed by atoms with Crippen LogP contribution in [0.3, 0.4) is 0 Å². The van der Waals surface area contributed by atoms with E-state index in [1.807, 2.05) is 0 Å². The van der Waals surface area contributed by atoms with Gasteiger partial charge in [-0.1, -0.05) is 0 Å². The van der Waals surface area contributed by atoms with Gasteiger partial charge in [-0.05, 0) is 25.1 Å². The molecule has 1 aliphatic heterocycles. The molecule has 1 saturated heterocycles. The Morgan fingerprint density at radius 3 is 2.77 bits per heavy atom. The summed E-state index contributed by atoms with van der Waals surface area (Å²) in [5, 5.41) is 3.13. The summed E-state index contributed by atoms with van der Waals surface area (Å²) in [7, 11) is -2.88. The number of thiocarbonyl (C=S) groups is 1. The Hall–Kier alpha value is -0.400. The van der Waals surface area contributed by atoms with Gasteiger partial charge in [0.15, 0.2) is 14.9 Å². The van der Waals surface area contributed by atoms with E-state index in [0.29, 0.717) is 11.5 Å². The van der Waals surface area contributed by atoms with Gasteiger partial charge in [-0.2, -0.15) is 0 Å². The van der Waals surface area contributed by atoms with Crippen molar-refractivity contribution in [3.05, 3.63) is 0 Å². The quantitative estimate of drug-likeness (QED) is 0.297. The highest BCUT2D eigenvalue weighted by atomic mass is 32.2. The van der Waals surface area contributed by atoms with Crippen LogP contribution in [0.4, 0.5) is 0 Å². The Morgan fingerprint density at radius 1 is 1.54 bits per heavy atom. The van der Waals surface area contributed by atoms with E-state index in [1.165, 1.54) is 0 Å². The first-order chi connectivity index (χ1) is 6.03. The van der Waals surface area contributed by atoms with E-state index in [0.717, 1.165) is 6.42 Å². The summed E-state index contributed by atoms with van der Waals surface area (Å²) in [6.07, 6.45) is 1.51. The lowest BCUT2D eigenvalue weighted by Crippen LogP contribution is -2.49. The van der Waals surface area contributed by atoms with Crippen LogP contribution in [0.1, 0.15) is 12.8 Å². The van der Waals surface area contributed by atoms with E-state index in [4.69, 9.17) is 18.1 Å². The smallest absolute Gasteiger partial charge is 0.180 e. The molecule has 0 aliphatic carbocycles. The molecule has 0 spiro atoms. The average molecular weight is 223 g/mol. The predicted molar refractivity (Wildman–Crippen MR) is 54.7 cm³/mol. The number of rotatable bonds is 1. The number of hydrazine groups is 1. The number of hydrogen-bond donors (Lipinski definition) is 3. The Kier molecular flexibility index (Phi) is 3.46. The monoisotopic (exact) mass is 223 g/mol. The zero-order valence-electron chi connectivity index (χ0n) is 7.12. The molecule has 1 aliphatic rings. The topological polar surface area (TPSA) is 84.2 Å². The van der Waals surface area contributed by atoms with Crippen LogP contribution in [0, 0.1) is 0 Å². The maximum Gasteiger partial charge on any atom is 0.180 e. The fourth-order valence-electron chi connectivity index (χ4n) is 1.36. The van der Waals surface area contributed by atoms with Crippen molar-refractivity contribution in [2.24, 2.45) is 5.84 Å². The van der Waals surface area contributed by atoms with Crippen molar-refractivity contribution in [2.45, 2.75) is 18.9 Å². The molecule has 4 N–H and O–H groups in total. The predicted octanol–water partition coefficient (Wildman–Crippen LogP) is -1.10. The van der Waals surface area contributed by atoms with Crippen LogP contribution in [0.15, 0.2) is 0 Å². The Labute approximate surface area is 83.0 Å². The zero-order chi connectivity index (χ0) is 9.90. The molecule has 0 aromatic carbocycles. The molecule has 13 heavy (non-hydrogen) atoms. The zero-order valence-corrected chi connectivity index (χ0v) is 8.75. The molecule has 0 amide bonds. The largest absolute Gasteiger partial charge is 0.358 e. The maximum atomic E-state index is 11.2. The summed E-state index contributed by atoms with van der Waals surface area (Å²) in [5.74, 6) is 5.49. The van der Waals surface area contributed by atoms with Gasteiger partial charge < -0.3 is 10.7 Å². The average Bonchev–Trinajstić information content (AvgIpc) is 2.02. The van der Waals surface area contributed by atoms with Crippen LogP contribution in [-0.4, -0.2) is 31.1 Å². The Balaban J connectivity index is 2.48. The van der Waals surface area contributed by atoms with Gasteiger partial charge in [0, 0.05) is 6.04 Å². The standard InChI is InChI=1S/C6H13N3O2S2/c7-9-6(12)8-5-2-1-3-13(10,11)4-5/h5H,1-4,7H2,(H2,8,9,12). The minimum absolute atomic E-state index is 0.0951. The molecule has 0 aromatic rings. The Morgan fingerprint density at radius 2 is 2.23 bits per heavy atom. The van der Waals surface area contributed by atoms with E-state index in [2.05, 4.69) is 10.7 Å². The van der Waals surface area contributed by atoms with E-state index < -0.39 is 9.84 Å². The number of nitrogens with one attached hydrogen (secondary N) is 2. The SMILES string of the molecule is NNC(=S)NC1CCCS(=O)(=O)C1. The normalized spacial score (nSPS) is 26.4. The van der Waals surface area contributed by atoms with Crippen LogP contribution in [0.25, 0.3) is 0 Å². The van der Waals surface area contributed by atoms with Gasteiger partial charge >= 0.3 is 0 Å². The molecule has 5 nitrogen and oxygen atoms in total. The van der Waals surface area contributed by atoms with Crippen LogP contribution >= 0.6 is 12.2 Å². The number of hydrogen-bond acceptors (Lipinski definition) is 4. The van der Waals surface area contributed by atoms with Gasteiger partial charge in [0.1, 0.15) is 0 Å². The molecule has 0 radical (unpaired) electrons. The lowest BCUT2D eigenvalue weighted by molar-refractivity contribution is 0.529. The van der Waals surface area contributed by atoms with E-state index in [9.17, 15) is 8.42 Å². The fraction of sp³-hybridized carbons (Fsp3) is 0.833. The lowest BCUT2D eigenvalue weighted by Gasteiger charge is -2.23. The highest BCUT2D eigenvalue weighted by molar-refractivity contribution is 7.91. The first-order valence-electron chi connectivity index (χ1n) is 4.01. The minimum atomic E-state index is -2.88. The molecule has 76 valence electrons. The van der Waals surface area contributed by atoms with Crippen LogP contribution in [0.2, 0.25) is 0 Å². The van der Waals surface area contributed by atoms with Crippen LogP contribution in [-0.2, 0) is 9.84 Å². The summed E-state index contributed by atoms with van der Waals surface area (Å²) in [5.41, 5.74) is 2.27. The minimum Gasteiger partial charge on any atom is -0.358 e. The van der Waals surface area contributed by atoms with Gasteiger partial charge in [-0.15, -0.1) is 0 Å². The molecule has 1 unspecified atom stereocenters. The lowest BCUT2D eigenvalue weighted by atomic mass is 10.2. The summed E-state index contributed by atoms with van der Waals surface area (Å²) < 4.78 is 22.4. The van der Waals surface area contributed by atoms with E-state index >= 15 is 0 Å². The molecular weight excluding hydrogens is 210 g/mol. The summed E-state index contributed by atoms with van der Waals surface area (Å²) in [6, 6.07) is -0.0951. The number of sulfone groups is 1. The first kappa shape index (κ1) is 10.7. The molecule has 0 saturated carbocycles. The third-order valence-electron chi connectivity index (χ3n) is 1.93. The van der Waals surface area contributed by atoms with Crippen molar-refractivity contribution in [3.8, 4) is 0 Å². The molecule has 0 bridgehead atoms. The van der Waals surface area contributed by atoms with Crippen LogP contribution < -0.4 is 16.6 Å². The maximum absolute atomic E-state index is 11.2. The molecular formula is C6H13N3O2S2. The van der Waals surface area contributed by atoms with Gasteiger partial charge in [0.2, 0.25) is 0 Å². The highest BCUT2D eigenvalue weighted by Gasteiger charge is 2.24. The van der Waals surface area contributed by atoms with Gasteiger partial charge in [0.25, 0.3) is 0 Å². The molecule has 1 fully saturated rings. The second kappa shape index (κ2) is 4.21. The first-order valence-corrected chi connectivity index (χ1v) is 6.24. The van der Waals surface area contributed by atoms with E-state index in [-0.39, 0.29) is 17.5 Å². The number of nitrogens with two attached hydrogens (primary N) is 1. The molecule has 1 atom stereocenters. The van der Waals surface area contributed by atoms with Gasteiger partial charge in [-0.3, -0.25) is 0 Å². The van der Waals surface area contributed by atoms with Crippen molar-refractivity contribution in [1.29, 1.82) is 0 Å². The van der Waals surface area contributed by atoms with Crippen molar-refractivity contribution in [3.63, 3.8) is 0 Å². The second-order valence-corrected chi connectivity index (χ2v) is 5.71. The Bertz CT molecular complexity index is 288. The van der Waals surface area contributed by atoms with Crippen molar-refractivity contribution < 1.29 is 8.42 Å². The molecule has 1 rings (SSSR count). The molecule has 7 heteroatoms.